The number of hydrogen-bond acceptors (Lipinski definition) is 5. The molecular formula is C24H23FN2O4. The van der Waals surface area contributed by atoms with E-state index in [9.17, 15) is 19.1 Å². The summed E-state index contributed by atoms with van der Waals surface area (Å²) in [6.45, 7) is 1.79. The number of carbonyl (C=O) groups is 2. The van der Waals surface area contributed by atoms with Crippen LogP contribution in [0.25, 0.3) is 0 Å². The van der Waals surface area contributed by atoms with Gasteiger partial charge in [0.2, 0.25) is 0 Å². The van der Waals surface area contributed by atoms with E-state index in [2.05, 4.69) is 10.6 Å². The van der Waals surface area contributed by atoms with Crippen molar-refractivity contribution >= 4 is 17.4 Å². The molecule has 0 saturated heterocycles. The minimum absolute atomic E-state index is 0.0191. The molecule has 1 heterocycles. The van der Waals surface area contributed by atoms with Crippen LogP contribution < -0.4 is 15.4 Å². The molecule has 160 valence electrons. The Balaban J connectivity index is 1.81. The first-order valence-electron chi connectivity index (χ1n) is 10.1. The summed E-state index contributed by atoms with van der Waals surface area (Å²) in [6, 6.07) is 10.5. The number of rotatable bonds is 4. The van der Waals surface area contributed by atoms with Crippen molar-refractivity contribution in [2.24, 2.45) is 0 Å². The van der Waals surface area contributed by atoms with Crippen LogP contribution in [0.2, 0.25) is 0 Å². The fourth-order valence-corrected chi connectivity index (χ4v) is 4.26. The lowest BCUT2D eigenvalue weighted by Crippen LogP contribution is -2.35. The van der Waals surface area contributed by atoms with Gasteiger partial charge in [-0.25, -0.2) is 4.39 Å². The summed E-state index contributed by atoms with van der Waals surface area (Å²) < 4.78 is 18.9. The Kier molecular flexibility index (Phi) is 5.50. The van der Waals surface area contributed by atoms with Crippen molar-refractivity contribution in [2.75, 3.05) is 12.4 Å². The molecule has 7 heteroatoms. The fourth-order valence-electron chi connectivity index (χ4n) is 4.26. The molecule has 2 aromatic rings. The first kappa shape index (κ1) is 20.7. The molecule has 3 N–H and O–H groups in total. The van der Waals surface area contributed by atoms with Gasteiger partial charge in [0.05, 0.1) is 7.11 Å². The second-order valence-corrected chi connectivity index (χ2v) is 7.66. The Labute approximate surface area is 179 Å². The molecule has 4 rings (SSSR count). The zero-order chi connectivity index (χ0) is 22.1. The number of Topliss-reactive ketones (excluding diaryl/α,β-unsaturated/α-hetero) is 1. The first-order valence-corrected chi connectivity index (χ1v) is 10.1. The molecule has 2 aliphatic rings. The molecule has 1 amide bonds. The molecule has 31 heavy (non-hydrogen) atoms. The maximum Gasteiger partial charge on any atom is 0.254 e. The van der Waals surface area contributed by atoms with Gasteiger partial charge in [0.1, 0.15) is 5.82 Å². The largest absolute Gasteiger partial charge is 0.504 e. The fraction of sp³-hybridized carbons (Fsp3) is 0.250. The number of allylic oxidation sites excluding steroid dienone is 3. The lowest BCUT2D eigenvalue weighted by molar-refractivity contribution is -0.116. The van der Waals surface area contributed by atoms with Crippen LogP contribution in [0.1, 0.15) is 37.7 Å². The summed E-state index contributed by atoms with van der Waals surface area (Å²) in [5.74, 6) is -1.32. The number of nitrogens with one attached hydrogen (secondary N) is 2. The molecule has 1 aliphatic heterocycles. The van der Waals surface area contributed by atoms with Gasteiger partial charge < -0.3 is 20.5 Å². The van der Waals surface area contributed by atoms with Crippen LogP contribution in [-0.4, -0.2) is 23.9 Å². The minimum atomic E-state index is -0.632. The topological polar surface area (TPSA) is 87.7 Å². The molecule has 6 nitrogen and oxygen atoms in total. The Morgan fingerprint density at radius 2 is 2.03 bits per heavy atom. The van der Waals surface area contributed by atoms with Gasteiger partial charge in [-0.05, 0) is 55.7 Å². The van der Waals surface area contributed by atoms with E-state index in [-0.39, 0.29) is 17.3 Å². The molecular weight excluding hydrogens is 399 g/mol. The summed E-state index contributed by atoms with van der Waals surface area (Å²) in [4.78, 5) is 26.3. The molecule has 1 aliphatic carbocycles. The molecule has 2 aromatic carbocycles. The van der Waals surface area contributed by atoms with E-state index >= 15 is 0 Å². The Hall–Kier alpha value is -3.61. The summed E-state index contributed by atoms with van der Waals surface area (Å²) in [6.07, 6.45) is 1.86. The van der Waals surface area contributed by atoms with Gasteiger partial charge in [0.25, 0.3) is 5.91 Å². The second kappa shape index (κ2) is 8.26. The van der Waals surface area contributed by atoms with Crippen molar-refractivity contribution in [3.8, 4) is 11.5 Å². The molecule has 0 unspecified atom stereocenters. The molecule has 0 radical (unpaired) electrons. The molecule has 1 atom stereocenters. The van der Waals surface area contributed by atoms with Crippen LogP contribution in [0.5, 0.6) is 11.5 Å². The summed E-state index contributed by atoms with van der Waals surface area (Å²) >= 11 is 0. The number of phenolic OH excluding ortho intramolecular Hbond substituents is 1. The average molecular weight is 422 g/mol. The van der Waals surface area contributed by atoms with Crippen LogP contribution in [0.4, 0.5) is 10.1 Å². The SMILES string of the molecule is COc1cc([C@@H]2C(C(=O)Nc3cccc(F)c3)=C(C)NC3=C2C(=O)CCC3)ccc1O. The van der Waals surface area contributed by atoms with E-state index in [1.54, 1.807) is 25.1 Å². The minimum Gasteiger partial charge on any atom is -0.504 e. The molecule has 0 bridgehead atoms. The highest BCUT2D eigenvalue weighted by molar-refractivity contribution is 6.09. The van der Waals surface area contributed by atoms with E-state index in [4.69, 9.17) is 4.74 Å². The van der Waals surface area contributed by atoms with Crippen molar-refractivity contribution < 1.29 is 23.8 Å². The van der Waals surface area contributed by atoms with Crippen molar-refractivity contribution in [2.45, 2.75) is 32.1 Å². The molecule has 0 spiro atoms. The number of methoxy groups -OCH3 is 1. The normalized spacial score (nSPS) is 18.4. The van der Waals surface area contributed by atoms with Gasteiger partial charge in [-0.15, -0.1) is 0 Å². The standard InChI is InChI=1S/C24H23FN2O4/c1-13-21(24(30)27-16-6-3-5-15(25)12-16)22(14-9-10-18(28)20(11-14)31-2)23-17(26-13)7-4-8-19(23)29/h3,5-6,9-12,22,26,28H,4,7-8H2,1-2H3,(H,27,30)/t22-/m1/s1. The highest BCUT2D eigenvalue weighted by atomic mass is 19.1. The monoisotopic (exact) mass is 422 g/mol. The van der Waals surface area contributed by atoms with Crippen molar-refractivity contribution in [1.82, 2.24) is 5.32 Å². The average Bonchev–Trinajstić information content (AvgIpc) is 2.73. The maximum absolute atomic E-state index is 13.6. The maximum atomic E-state index is 13.6. The number of dihydropyridines is 1. The quantitative estimate of drug-likeness (QED) is 0.689. The van der Waals surface area contributed by atoms with Gasteiger partial charge in [-0.2, -0.15) is 0 Å². The number of anilines is 1. The van der Waals surface area contributed by atoms with E-state index < -0.39 is 17.6 Å². The van der Waals surface area contributed by atoms with Gasteiger partial charge in [0.15, 0.2) is 17.3 Å². The number of benzene rings is 2. The van der Waals surface area contributed by atoms with Gasteiger partial charge in [-0.3, -0.25) is 9.59 Å². The lowest BCUT2D eigenvalue weighted by atomic mass is 9.75. The summed E-state index contributed by atoms with van der Waals surface area (Å²) in [5, 5.41) is 16.0. The molecule has 0 aromatic heterocycles. The van der Waals surface area contributed by atoms with Crippen LogP contribution in [0.3, 0.4) is 0 Å². The number of phenols is 1. The zero-order valence-corrected chi connectivity index (χ0v) is 17.3. The third kappa shape index (κ3) is 3.91. The summed E-state index contributed by atoms with van der Waals surface area (Å²) in [5.41, 5.74) is 3.33. The van der Waals surface area contributed by atoms with E-state index in [0.717, 1.165) is 12.1 Å². The van der Waals surface area contributed by atoms with Crippen molar-refractivity contribution in [3.63, 3.8) is 0 Å². The lowest BCUT2D eigenvalue weighted by Gasteiger charge is -2.34. The number of hydrogen-bond donors (Lipinski definition) is 3. The number of carbonyl (C=O) groups excluding carboxylic acids is 2. The van der Waals surface area contributed by atoms with Gasteiger partial charge >= 0.3 is 0 Å². The Morgan fingerprint density at radius 3 is 2.77 bits per heavy atom. The second-order valence-electron chi connectivity index (χ2n) is 7.66. The number of ketones is 1. The Bertz CT molecular complexity index is 1140. The number of aromatic hydroxyl groups is 1. The number of halogens is 1. The predicted molar refractivity (Wildman–Crippen MR) is 114 cm³/mol. The highest BCUT2D eigenvalue weighted by Gasteiger charge is 2.38. The highest BCUT2D eigenvalue weighted by Crippen LogP contribution is 2.44. The Morgan fingerprint density at radius 1 is 1.23 bits per heavy atom. The third-order valence-corrected chi connectivity index (χ3v) is 5.64. The van der Waals surface area contributed by atoms with Crippen LogP contribution in [-0.2, 0) is 9.59 Å². The van der Waals surface area contributed by atoms with Gasteiger partial charge in [-0.1, -0.05) is 12.1 Å². The van der Waals surface area contributed by atoms with E-state index in [0.29, 0.717) is 40.9 Å². The first-order chi connectivity index (χ1) is 14.9. The van der Waals surface area contributed by atoms with E-state index in [1.807, 2.05) is 0 Å². The predicted octanol–water partition coefficient (Wildman–Crippen LogP) is 4.15. The van der Waals surface area contributed by atoms with Crippen molar-refractivity contribution in [1.29, 1.82) is 0 Å². The van der Waals surface area contributed by atoms with Gasteiger partial charge in [0, 0.05) is 40.6 Å². The molecule has 0 saturated carbocycles. The smallest absolute Gasteiger partial charge is 0.254 e. The zero-order valence-electron chi connectivity index (χ0n) is 17.3. The third-order valence-electron chi connectivity index (χ3n) is 5.64. The van der Waals surface area contributed by atoms with Crippen molar-refractivity contribution in [3.05, 3.63) is 76.4 Å². The van der Waals surface area contributed by atoms with Crippen LogP contribution in [0, 0.1) is 5.82 Å². The van der Waals surface area contributed by atoms with Crippen LogP contribution >= 0.6 is 0 Å². The summed E-state index contributed by atoms with van der Waals surface area (Å²) in [7, 11) is 1.44. The van der Waals surface area contributed by atoms with E-state index in [1.165, 1.54) is 31.4 Å². The molecule has 0 fully saturated rings. The van der Waals surface area contributed by atoms with Crippen LogP contribution in [0.15, 0.2) is 65.0 Å². The number of ether oxygens (including phenoxy) is 1. The number of amides is 1.